The van der Waals surface area contributed by atoms with Crippen molar-refractivity contribution in [3.8, 4) is 17.0 Å². The third-order valence-corrected chi connectivity index (χ3v) is 13.3. The fourth-order valence-electron chi connectivity index (χ4n) is 9.19. The molecule has 2 aromatic carbocycles. The zero-order chi connectivity index (χ0) is 42.0. The summed E-state index contributed by atoms with van der Waals surface area (Å²) in [5.41, 5.74) is 5.37. The van der Waals surface area contributed by atoms with Crippen LogP contribution >= 0.6 is 23.2 Å². The van der Waals surface area contributed by atoms with Gasteiger partial charge in [-0.1, -0.05) is 35.3 Å². The Kier molecular flexibility index (Phi) is 12.0. The Morgan fingerprint density at radius 2 is 1.52 bits per heavy atom. The number of aromatic nitrogens is 4. The maximum absolute atomic E-state index is 13.6. The molecule has 4 fully saturated rings. The average Bonchev–Trinajstić information content (AvgIpc) is 3.70. The lowest BCUT2D eigenvalue weighted by Gasteiger charge is -2.41. The van der Waals surface area contributed by atoms with Crippen molar-refractivity contribution in [1.29, 1.82) is 0 Å². The van der Waals surface area contributed by atoms with Crippen LogP contribution in [0, 0.1) is 5.92 Å². The predicted octanol–water partition coefficient (Wildman–Crippen LogP) is 6.76. The van der Waals surface area contributed by atoms with Crippen LogP contribution in [0.5, 0.6) is 5.75 Å². The van der Waals surface area contributed by atoms with Crippen molar-refractivity contribution in [3.63, 3.8) is 0 Å². The quantitative estimate of drug-likeness (QED) is 0.153. The highest BCUT2D eigenvalue weighted by molar-refractivity contribution is 6.35. The summed E-state index contributed by atoms with van der Waals surface area (Å²) in [6, 6.07) is 18.3. The van der Waals surface area contributed by atoms with Crippen LogP contribution in [0.4, 0.5) is 16.3 Å². The number of H-pyrrole nitrogens is 1. The van der Waals surface area contributed by atoms with Crippen molar-refractivity contribution < 1.29 is 19.1 Å². The molecule has 2 atom stereocenters. The van der Waals surface area contributed by atoms with Gasteiger partial charge in [0.25, 0.3) is 0 Å². The summed E-state index contributed by atoms with van der Waals surface area (Å²) in [5, 5.41) is 12.0. The smallest absolute Gasteiger partial charge is 0.320 e. The number of rotatable bonds is 9. The van der Waals surface area contributed by atoms with E-state index < -0.39 is 6.10 Å². The third kappa shape index (κ3) is 8.98. The number of anilines is 2. The van der Waals surface area contributed by atoms with Crippen LogP contribution in [0.15, 0.2) is 73.2 Å². The number of benzene rings is 2. The van der Waals surface area contributed by atoms with Gasteiger partial charge >= 0.3 is 6.03 Å². The highest BCUT2D eigenvalue weighted by atomic mass is 35.5. The molecule has 5 aromatic rings. The van der Waals surface area contributed by atoms with Crippen LogP contribution in [0.2, 0.25) is 10.0 Å². The second kappa shape index (κ2) is 17.9. The maximum atomic E-state index is 13.6. The Morgan fingerprint density at radius 1 is 0.820 bits per heavy atom. The number of pyridine rings is 2. The maximum Gasteiger partial charge on any atom is 0.320 e. The van der Waals surface area contributed by atoms with Gasteiger partial charge in [0.2, 0.25) is 11.8 Å². The molecular formula is C45H50Cl2N10O4. The van der Waals surface area contributed by atoms with Crippen molar-refractivity contribution in [2.75, 3.05) is 81.8 Å². The molecule has 318 valence electrons. The number of imide groups is 1. The molecule has 4 saturated heterocycles. The van der Waals surface area contributed by atoms with Crippen molar-refractivity contribution >= 4 is 63.5 Å². The molecule has 1 unspecified atom stereocenters. The van der Waals surface area contributed by atoms with E-state index in [0.29, 0.717) is 53.2 Å². The lowest BCUT2D eigenvalue weighted by Crippen LogP contribution is -2.55. The van der Waals surface area contributed by atoms with Gasteiger partial charge in [0.05, 0.1) is 21.5 Å². The molecule has 0 aliphatic carbocycles. The van der Waals surface area contributed by atoms with Gasteiger partial charge in [-0.05, 0) is 80.1 Å². The molecule has 14 nitrogen and oxygen atoms in total. The van der Waals surface area contributed by atoms with Gasteiger partial charge in [0.1, 0.15) is 23.4 Å². The number of piperazine rings is 2. The molecule has 0 bridgehead atoms. The van der Waals surface area contributed by atoms with E-state index in [4.69, 9.17) is 32.9 Å². The van der Waals surface area contributed by atoms with Gasteiger partial charge in [0.15, 0.2) is 0 Å². The lowest BCUT2D eigenvalue weighted by atomic mass is 9.90. The summed E-state index contributed by atoms with van der Waals surface area (Å²) in [6.45, 7) is 11.3. The molecule has 4 aliphatic rings. The SMILES string of the molecule is C[C@@H](Oc1ccc2[nH]nc(-c3ccc(N4CCN(C(=O)N5CCC(CN6CCN(c7ccc(C8CCC(=O)NC8=O)cc7)CC6)CC5)CC4)nc3)c2c1)c1c(Cl)cncc1Cl. The second-order valence-electron chi connectivity index (χ2n) is 16.5. The minimum Gasteiger partial charge on any atom is -0.486 e. The van der Waals surface area contributed by atoms with E-state index in [0.717, 1.165) is 105 Å². The van der Waals surface area contributed by atoms with Crippen molar-refractivity contribution in [2.45, 2.75) is 44.6 Å². The number of piperidine rings is 2. The number of ether oxygens (including phenoxy) is 1. The summed E-state index contributed by atoms with van der Waals surface area (Å²) < 4.78 is 6.25. The van der Waals surface area contributed by atoms with Gasteiger partial charge in [-0.2, -0.15) is 5.10 Å². The number of hydrogen-bond acceptors (Lipinski definition) is 10. The number of carbonyl (C=O) groups is 3. The monoisotopic (exact) mass is 864 g/mol. The average molecular weight is 866 g/mol. The first-order chi connectivity index (χ1) is 29.7. The molecule has 4 aliphatic heterocycles. The first-order valence-corrected chi connectivity index (χ1v) is 22.0. The molecule has 0 spiro atoms. The largest absolute Gasteiger partial charge is 0.486 e. The Hall–Kier alpha value is -5.44. The number of nitrogens with one attached hydrogen (secondary N) is 2. The Labute approximate surface area is 365 Å². The molecule has 2 N–H and O–H groups in total. The number of aromatic amines is 1. The summed E-state index contributed by atoms with van der Waals surface area (Å²) in [7, 11) is 0. The van der Waals surface area contributed by atoms with Crippen LogP contribution in [-0.4, -0.2) is 125 Å². The molecular weight excluding hydrogens is 815 g/mol. The second-order valence-corrected chi connectivity index (χ2v) is 17.3. The van der Waals surface area contributed by atoms with Crippen molar-refractivity contribution in [2.24, 2.45) is 5.92 Å². The number of amides is 4. The van der Waals surface area contributed by atoms with Gasteiger partial charge in [-0.25, -0.2) is 9.78 Å². The fraction of sp³-hybridized carbons (Fsp3) is 0.422. The molecule has 3 aromatic heterocycles. The number of urea groups is 1. The number of fused-ring (bicyclic) bond motifs is 1. The van der Waals surface area contributed by atoms with Crippen LogP contribution in [0.25, 0.3) is 22.2 Å². The summed E-state index contributed by atoms with van der Waals surface area (Å²) >= 11 is 12.8. The van der Waals surface area contributed by atoms with Crippen LogP contribution < -0.4 is 19.9 Å². The first-order valence-electron chi connectivity index (χ1n) is 21.3. The van der Waals surface area contributed by atoms with E-state index in [1.54, 1.807) is 12.4 Å². The Morgan fingerprint density at radius 3 is 2.21 bits per heavy atom. The highest BCUT2D eigenvalue weighted by Crippen LogP contribution is 2.35. The van der Waals surface area contributed by atoms with Gasteiger partial charge in [0, 0.05) is 119 Å². The summed E-state index contributed by atoms with van der Waals surface area (Å²) in [6.07, 6.45) is 7.59. The highest BCUT2D eigenvalue weighted by Gasteiger charge is 2.31. The van der Waals surface area contributed by atoms with Gasteiger partial charge in [-0.15, -0.1) is 0 Å². The zero-order valence-electron chi connectivity index (χ0n) is 34.2. The molecule has 0 saturated carbocycles. The van der Waals surface area contributed by atoms with Gasteiger partial charge < -0.3 is 24.3 Å². The molecule has 4 amide bonds. The zero-order valence-corrected chi connectivity index (χ0v) is 35.7. The number of nitrogens with zero attached hydrogens (tertiary/aromatic N) is 8. The fourth-order valence-corrected chi connectivity index (χ4v) is 9.86. The molecule has 7 heterocycles. The van der Waals surface area contributed by atoms with Gasteiger partial charge in [-0.3, -0.25) is 29.9 Å². The first kappa shape index (κ1) is 40.9. The standard InChI is InChI=1S/C45H50Cl2N10O4/c1-29(42-37(46)26-48-27-38(42)47)61-34-7-9-39-36(24-34)43(52-51-39)32-4-10-40(49-25-32)55-20-22-57(23-21-55)45(60)56-14-12-30(13-15-56)28-53-16-18-54(19-17-53)33-5-2-31(3-6-33)35-8-11-41(58)50-44(35)59/h2-7,9-10,24-27,29-30,35H,8,11-23,28H2,1H3,(H,51,52)(H,50,58,59)/t29-,35?/m1/s1. The number of halogens is 2. The molecule has 0 radical (unpaired) electrons. The van der Waals surface area contributed by atoms with E-state index in [-0.39, 0.29) is 23.8 Å². The normalized spacial score (nSPS) is 20.0. The lowest BCUT2D eigenvalue weighted by molar-refractivity contribution is -0.134. The minimum atomic E-state index is -0.390. The van der Waals surface area contributed by atoms with E-state index in [2.05, 4.69) is 47.3 Å². The number of likely N-dealkylation sites (tertiary alicyclic amines) is 1. The minimum absolute atomic E-state index is 0.147. The topological polar surface area (TPSA) is 143 Å². The summed E-state index contributed by atoms with van der Waals surface area (Å²) in [4.78, 5) is 57.6. The number of hydrogen-bond donors (Lipinski definition) is 2. The van der Waals surface area contributed by atoms with Crippen molar-refractivity contribution in [3.05, 3.63) is 94.4 Å². The molecule has 9 rings (SSSR count). The number of carbonyl (C=O) groups excluding carboxylic acids is 3. The third-order valence-electron chi connectivity index (χ3n) is 12.7. The predicted molar refractivity (Wildman–Crippen MR) is 236 cm³/mol. The Bertz CT molecular complexity index is 2350. The van der Waals surface area contributed by atoms with Crippen molar-refractivity contribution in [1.82, 2.24) is 40.2 Å². The van der Waals surface area contributed by atoms with Crippen LogP contribution in [0.3, 0.4) is 0 Å². The van der Waals surface area contributed by atoms with E-state index >= 15 is 0 Å². The molecule has 61 heavy (non-hydrogen) atoms. The van der Waals surface area contributed by atoms with E-state index in [1.807, 2.05) is 65.4 Å². The van der Waals surface area contributed by atoms with Crippen LogP contribution in [0.1, 0.15) is 55.8 Å². The van der Waals surface area contributed by atoms with E-state index in [1.165, 1.54) is 5.69 Å². The van der Waals surface area contributed by atoms with Crippen LogP contribution in [-0.2, 0) is 9.59 Å². The molecule has 16 heteroatoms. The summed E-state index contributed by atoms with van der Waals surface area (Å²) in [5.74, 6) is 1.49. The Balaban J connectivity index is 0.713. The van der Waals surface area contributed by atoms with E-state index in [9.17, 15) is 14.4 Å².